The topological polar surface area (TPSA) is 77.4 Å². The van der Waals surface area contributed by atoms with E-state index in [1.165, 1.54) is 0 Å². The zero-order valence-electron chi connectivity index (χ0n) is 18.1. The number of anilines is 2. The van der Waals surface area contributed by atoms with Gasteiger partial charge in [-0.1, -0.05) is 22.0 Å². The highest BCUT2D eigenvalue weighted by Crippen LogP contribution is 2.41. The molecule has 168 valence electrons. The summed E-state index contributed by atoms with van der Waals surface area (Å²) in [7, 11) is 1.96. The number of nitrogens with one attached hydrogen (secondary N) is 2. The number of hydrogen-bond donors (Lipinski definition) is 2. The molecule has 0 fully saturated rings. The molecule has 2 aliphatic heterocycles. The lowest BCUT2D eigenvalue weighted by atomic mass is 9.99. The molecule has 4 aromatic rings. The highest BCUT2D eigenvalue weighted by atomic mass is 79.9. The quantitative estimate of drug-likeness (QED) is 0.351. The average Bonchev–Trinajstić information content (AvgIpc) is 3.55. The van der Waals surface area contributed by atoms with Crippen molar-refractivity contribution in [1.82, 2.24) is 9.55 Å². The monoisotopic (exact) mass is 514 g/mol. The van der Waals surface area contributed by atoms with Gasteiger partial charge in [-0.05, 0) is 54.6 Å². The number of imidazole rings is 1. The van der Waals surface area contributed by atoms with E-state index in [9.17, 15) is 4.79 Å². The van der Waals surface area contributed by atoms with Crippen LogP contribution in [0.1, 0.15) is 11.1 Å². The standard InChI is InChI=1S/C26H19BrN4O3/c1-31-11-10-28-25(31)15-2-6-18(7-3-15)29-24(16-4-9-21-22(12-16)34-14-33-21)23-19-8-5-17(27)13-20(19)30-26(23)32/h2-13,29H,14H2,1H3,(H,30,32)/b24-23-. The number of halogens is 1. The van der Waals surface area contributed by atoms with Crippen molar-refractivity contribution in [3.05, 3.63) is 88.7 Å². The molecule has 3 heterocycles. The van der Waals surface area contributed by atoms with Gasteiger partial charge in [-0.3, -0.25) is 4.79 Å². The molecule has 0 saturated carbocycles. The van der Waals surface area contributed by atoms with Crippen molar-refractivity contribution in [2.75, 3.05) is 17.4 Å². The predicted octanol–water partition coefficient (Wildman–Crippen LogP) is 5.51. The minimum Gasteiger partial charge on any atom is -0.454 e. The number of benzene rings is 3. The Bertz CT molecular complexity index is 1470. The van der Waals surface area contributed by atoms with Crippen LogP contribution in [-0.2, 0) is 11.8 Å². The molecule has 2 N–H and O–H groups in total. The SMILES string of the molecule is Cn1ccnc1-c1ccc(N/C(=C2\C(=O)Nc3cc(Br)ccc32)c2ccc3c(c2)OCO3)cc1. The molecule has 0 unspecified atom stereocenters. The van der Waals surface area contributed by atoms with Crippen LogP contribution in [-0.4, -0.2) is 22.3 Å². The second-order valence-corrected chi connectivity index (χ2v) is 8.94. The molecular weight excluding hydrogens is 496 g/mol. The number of hydrogen-bond acceptors (Lipinski definition) is 5. The molecule has 34 heavy (non-hydrogen) atoms. The zero-order chi connectivity index (χ0) is 23.2. The van der Waals surface area contributed by atoms with Crippen LogP contribution < -0.4 is 20.1 Å². The summed E-state index contributed by atoms with van der Waals surface area (Å²) < 4.78 is 13.9. The normalized spacial score (nSPS) is 15.2. The van der Waals surface area contributed by atoms with Gasteiger partial charge < -0.3 is 24.7 Å². The van der Waals surface area contributed by atoms with Crippen molar-refractivity contribution in [3.63, 3.8) is 0 Å². The number of carbonyl (C=O) groups is 1. The summed E-state index contributed by atoms with van der Waals surface area (Å²) in [5.74, 6) is 2.05. The van der Waals surface area contributed by atoms with Gasteiger partial charge in [0.2, 0.25) is 6.79 Å². The first-order valence-electron chi connectivity index (χ1n) is 10.7. The smallest absolute Gasteiger partial charge is 0.258 e. The summed E-state index contributed by atoms with van der Waals surface area (Å²) in [6.07, 6.45) is 3.69. The number of ether oxygens (including phenoxy) is 2. The summed E-state index contributed by atoms with van der Waals surface area (Å²) in [5, 5.41) is 6.46. The highest BCUT2D eigenvalue weighted by Gasteiger charge is 2.29. The Balaban J connectivity index is 1.46. The van der Waals surface area contributed by atoms with Gasteiger partial charge in [0.05, 0.1) is 17.0 Å². The van der Waals surface area contributed by atoms with E-state index in [2.05, 4.69) is 31.5 Å². The first-order chi connectivity index (χ1) is 16.6. The van der Waals surface area contributed by atoms with Gasteiger partial charge in [-0.15, -0.1) is 0 Å². The Morgan fingerprint density at radius 3 is 2.68 bits per heavy atom. The fourth-order valence-electron chi connectivity index (χ4n) is 4.22. The number of aromatic nitrogens is 2. The van der Waals surface area contributed by atoms with E-state index in [0.29, 0.717) is 22.8 Å². The molecule has 2 aliphatic rings. The predicted molar refractivity (Wildman–Crippen MR) is 134 cm³/mol. The highest BCUT2D eigenvalue weighted by molar-refractivity contribution is 9.10. The van der Waals surface area contributed by atoms with Crippen LogP contribution in [0.5, 0.6) is 11.5 Å². The Kier molecular flexibility index (Phi) is 4.88. The van der Waals surface area contributed by atoms with Crippen LogP contribution in [0.25, 0.3) is 22.7 Å². The van der Waals surface area contributed by atoms with Gasteiger partial charge in [0.1, 0.15) is 5.82 Å². The van der Waals surface area contributed by atoms with Gasteiger partial charge >= 0.3 is 0 Å². The summed E-state index contributed by atoms with van der Waals surface area (Å²) >= 11 is 3.48. The third kappa shape index (κ3) is 3.52. The van der Waals surface area contributed by atoms with Crippen LogP contribution in [0.3, 0.4) is 0 Å². The fourth-order valence-corrected chi connectivity index (χ4v) is 4.58. The molecule has 0 spiro atoms. The Hall–Kier alpha value is -4.04. The number of amides is 1. The molecule has 1 amide bonds. The van der Waals surface area contributed by atoms with Crippen molar-refractivity contribution in [2.24, 2.45) is 7.05 Å². The van der Waals surface area contributed by atoms with Gasteiger partial charge in [0, 0.05) is 46.3 Å². The minimum absolute atomic E-state index is 0.169. The molecule has 7 nitrogen and oxygen atoms in total. The Morgan fingerprint density at radius 2 is 1.88 bits per heavy atom. The van der Waals surface area contributed by atoms with Crippen LogP contribution in [0.4, 0.5) is 11.4 Å². The van der Waals surface area contributed by atoms with Crippen molar-refractivity contribution >= 4 is 44.5 Å². The lowest BCUT2D eigenvalue weighted by Gasteiger charge is -2.16. The molecule has 0 bridgehead atoms. The van der Waals surface area contributed by atoms with Gasteiger partial charge in [-0.25, -0.2) is 4.98 Å². The van der Waals surface area contributed by atoms with Crippen molar-refractivity contribution in [1.29, 1.82) is 0 Å². The summed E-state index contributed by atoms with van der Waals surface area (Å²) in [6.45, 7) is 0.185. The molecule has 3 aromatic carbocycles. The summed E-state index contributed by atoms with van der Waals surface area (Å²) in [6, 6.07) is 19.4. The number of aryl methyl sites for hydroxylation is 1. The third-order valence-corrected chi connectivity index (χ3v) is 6.36. The molecule has 0 radical (unpaired) electrons. The molecule has 6 rings (SSSR count). The maximum absolute atomic E-state index is 13.1. The lowest BCUT2D eigenvalue weighted by Crippen LogP contribution is -2.10. The molecule has 0 saturated heterocycles. The summed E-state index contributed by atoms with van der Waals surface area (Å²) in [4.78, 5) is 17.6. The van der Waals surface area contributed by atoms with Gasteiger partial charge in [0.15, 0.2) is 11.5 Å². The molecule has 1 aromatic heterocycles. The van der Waals surface area contributed by atoms with Crippen LogP contribution in [0, 0.1) is 0 Å². The number of nitrogens with zero attached hydrogens (tertiary/aromatic N) is 2. The Labute approximate surface area is 204 Å². The van der Waals surface area contributed by atoms with E-state index in [4.69, 9.17) is 9.47 Å². The second kappa shape index (κ2) is 8.07. The Morgan fingerprint density at radius 1 is 1.06 bits per heavy atom. The number of fused-ring (bicyclic) bond motifs is 2. The number of carbonyl (C=O) groups excluding carboxylic acids is 1. The third-order valence-electron chi connectivity index (χ3n) is 5.87. The van der Waals surface area contributed by atoms with Gasteiger partial charge in [0.25, 0.3) is 5.91 Å². The molecule has 0 aliphatic carbocycles. The van der Waals surface area contributed by atoms with Crippen molar-refractivity contribution in [3.8, 4) is 22.9 Å². The largest absolute Gasteiger partial charge is 0.454 e. The first kappa shape index (κ1) is 20.6. The van der Waals surface area contributed by atoms with Crippen LogP contribution in [0.2, 0.25) is 0 Å². The van der Waals surface area contributed by atoms with E-state index in [-0.39, 0.29) is 12.7 Å². The van der Waals surface area contributed by atoms with Crippen LogP contribution >= 0.6 is 15.9 Å². The first-order valence-corrected chi connectivity index (χ1v) is 11.5. The lowest BCUT2D eigenvalue weighted by molar-refractivity contribution is -0.110. The molecule has 0 atom stereocenters. The number of rotatable bonds is 4. The molecule has 8 heteroatoms. The van der Waals surface area contributed by atoms with Crippen molar-refractivity contribution < 1.29 is 14.3 Å². The fraction of sp³-hybridized carbons (Fsp3) is 0.0769. The maximum atomic E-state index is 13.1. The van der Waals surface area contributed by atoms with E-state index in [0.717, 1.165) is 38.4 Å². The van der Waals surface area contributed by atoms with E-state index in [1.54, 1.807) is 6.20 Å². The molecular formula is C26H19BrN4O3. The van der Waals surface area contributed by atoms with E-state index in [1.807, 2.05) is 78.5 Å². The van der Waals surface area contributed by atoms with Gasteiger partial charge in [-0.2, -0.15) is 0 Å². The van der Waals surface area contributed by atoms with Crippen LogP contribution in [0.15, 0.2) is 77.5 Å². The minimum atomic E-state index is -0.169. The van der Waals surface area contributed by atoms with E-state index < -0.39 is 0 Å². The zero-order valence-corrected chi connectivity index (χ0v) is 19.7. The second-order valence-electron chi connectivity index (χ2n) is 8.03. The van der Waals surface area contributed by atoms with Crippen molar-refractivity contribution in [2.45, 2.75) is 0 Å². The average molecular weight is 515 g/mol. The van der Waals surface area contributed by atoms with E-state index >= 15 is 0 Å². The summed E-state index contributed by atoms with van der Waals surface area (Å²) in [5.41, 5.74) is 5.51. The maximum Gasteiger partial charge on any atom is 0.258 e.